The highest BCUT2D eigenvalue weighted by Crippen LogP contribution is 2.50. The molecule has 9 rings (SSSR count). The lowest BCUT2D eigenvalue weighted by Gasteiger charge is -2.28. The molecule has 69 heavy (non-hydrogen) atoms. The monoisotopic (exact) mass is 911 g/mol. The molecule has 1 aliphatic rings. The number of fused-ring (bicyclic) bond motifs is 3. The fourth-order valence-corrected chi connectivity index (χ4v) is 8.91. The predicted octanol–water partition coefficient (Wildman–Crippen LogP) is 15.1. The Morgan fingerprint density at radius 3 is 1.45 bits per heavy atom. The standard InChI is InChI=1S/C45H39NO3.C17H18O3/c1-30-10-18-35(19-11-30)46(37-22-27-41-40-8-6-7-9-43(40)45(3,4)44(41)29-37)36-20-12-32(13-21-36)28-42(33-14-23-38(48-5)24-15-33)34-16-25-39(26-17-34)49-31(2)47;1-12(14-4-8-16(19-3)9-5-14)15-6-10-17(11-7-15)20-13(2)18/h6-29H,1-5H3;4-12H,1-3H3/b42-28+;. The molecular formula is C62H57NO6. The normalized spacial score (nSPS) is 12.6. The maximum absolute atomic E-state index is 11.5. The van der Waals surface area contributed by atoms with Gasteiger partial charge in [-0.15, -0.1) is 0 Å². The van der Waals surface area contributed by atoms with Crippen molar-refractivity contribution in [2.24, 2.45) is 0 Å². The van der Waals surface area contributed by atoms with Crippen LogP contribution in [-0.2, 0) is 15.0 Å². The van der Waals surface area contributed by atoms with E-state index in [1.54, 1.807) is 14.2 Å². The van der Waals surface area contributed by atoms with Gasteiger partial charge < -0.3 is 23.8 Å². The summed E-state index contributed by atoms with van der Waals surface area (Å²) in [5.41, 5.74) is 16.3. The number of aryl methyl sites for hydroxylation is 1. The lowest BCUT2D eigenvalue weighted by molar-refractivity contribution is -0.132. The number of methoxy groups -OCH3 is 2. The average Bonchev–Trinajstić information content (AvgIpc) is 3.59. The van der Waals surface area contributed by atoms with Gasteiger partial charge >= 0.3 is 11.9 Å². The molecule has 0 aliphatic heterocycles. The second-order valence-electron chi connectivity index (χ2n) is 17.7. The highest BCUT2D eigenvalue weighted by Gasteiger charge is 2.35. The quantitative estimate of drug-likeness (QED) is 0.0687. The van der Waals surface area contributed by atoms with E-state index in [0.29, 0.717) is 11.5 Å². The van der Waals surface area contributed by atoms with Crippen LogP contribution in [0.2, 0.25) is 0 Å². The SMILES string of the molecule is COc1ccc(/C(=C\c2ccc(N(c3ccc(C)cc3)c3ccc4c(c3)C(C)(C)c3ccccc3-4)cc2)c2ccc(OC(C)=O)cc2)cc1.COc1ccc(C(C)c2ccc(OC(C)=O)cc2)cc1. The molecule has 8 aromatic rings. The molecule has 7 nitrogen and oxygen atoms in total. The molecular weight excluding hydrogens is 855 g/mol. The van der Waals surface area contributed by atoms with E-state index in [0.717, 1.165) is 50.8 Å². The van der Waals surface area contributed by atoms with Crippen LogP contribution in [0.1, 0.15) is 85.0 Å². The maximum atomic E-state index is 11.5. The Kier molecular flexibility index (Phi) is 14.3. The molecule has 0 saturated heterocycles. The van der Waals surface area contributed by atoms with E-state index in [2.05, 4.69) is 154 Å². The lowest BCUT2D eigenvalue weighted by Crippen LogP contribution is -2.16. The van der Waals surface area contributed by atoms with Crippen molar-refractivity contribution in [3.05, 3.63) is 233 Å². The van der Waals surface area contributed by atoms with Crippen LogP contribution in [-0.4, -0.2) is 26.2 Å². The number of hydrogen-bond donors (Lipinski definition) is 0. The topological polar surface area (TPSA) is 74.3 Å². The van der Waals surface area contributed by atoms with Gasteiger partial charge in [-0.25, -0.2) is 0 Å². The largest absolute Gasteiger partial charge is 0.497 e. The average molecular weight is 912 g/mol. The Morgan fingerprint density at radius 2 is 0.942 bits per heavy atom. The van der Waals surface area contributed by atoms with Gasteiger partial charge in [0.1, 0.15) is 23.0 Å². The summed E-state index contributed by atoms with van der Waals surface area (Å²) in [6.07, 6.45) is 2.19. The first-order chi connectivity index (χ1) is 33.3. The first-order valence-electron chi connectivity index (χ1n) is 23.1. The third-order valence-corrected chi connectivity index (χ3v) is 12.7. The molecule has 0 saturated carbocycles. The molecule has 0 amide bonds. The minimum absolute atomic E-state index is 0.0935. The maximum Gasteiger partial charge on any atom is 0.308 e. The summed E-state index contributed by atoms with van der Waals surface area (Å²) in [4.78, 5) is 24.7. The van der Waals surface area contributed by atoms with E-state index < -0.39 is 0 Å². The molecule has 0 spiro atoms. The Labute approximate surface area is 406 Å². The highest BCUT2D eigenvalue weighted by atomic mass is 16.5. The van der Waals surface area contributed by atoms with Crippen molar-refractivity contribution >= 4 is 40.6 Å². The number of esters is 2. The fourth-order valence-electron chi connectivity index (χ4n) is 8.91. The number of ether oxygens (including phenoxy) is 4. The van der Waals surface area contributed by atoms with Gasteiger partial charge in [-0.2, -0.15) is 0 Å². The van der Waals surface area contributed by atoms with Crippen molar-refractivity contribution < 1.29 is 28.5 Å². The minimum atomic E-state index is -0.341. The van der Waals surface area contributed by atoms with E-state index in [9.17, 15) is 9.59 Å². The van der Waals surface area contributed by atoms with Crippen LogP contribution in [0.4, 0.5) is 17.1 Å². The van der Waals surface area contributed by atoms with Gasteiger partial charge in [0.15, 0.2) is 0 Å². The summed E-state index contributed by atoms with van der Waals surface area (Å²) >= 11 is 0. The molecule has 346 valence electrons. The summed E-state index contributed by atoms with van der Waals surface area (Å²) in [5, 5.41) is 0. The first kappa shape index (κ1) is 47.3. The van der Waals surface area contributed by atoms with Crippen LogP contribution in [0.5, 0.6) is 23.0 Å². The first-order valence-corrected chi connectivity index (χ1v) is 23.1. The molecule has 0 bridgehead atoms. The van der Waals surface area contributed by atoms with E-state index in [4.69, 9.17) is 18.9 Å². The van der Waals surface area contributed by atoms with Crippen LogP contribution < -0.4 is 23.8 Å². The highest BCUT2D eigenvalue weighted by molar-refractivity contribution is 5.92. The summed E-state index contributed by atoms with van der Waals surface area (Å²) in [6.45, 7) is 11.7. The van der Waals surface area contributed by atoms with E-state index >= 15 is 0 Å². The van der Waals surface area contributed by atoms with E-state index in [1.807, 2.05) is 72.8 Å². The van der Waals surface area contributed by atoms with Crippen molar-refractivity contribution in [2.75, 3.05) is 19.1 Å². The smallest absolute Gasteiger partial charge is 0.308 e. The molecule has 7 heteroatoms. The second kappa shape index (κ2) is 20.8. The van der Waals surface area contributed by atoms with Crippen molar-refractivity contribution in [1.82, 2.24) is 0 Å². The van der Waals surface area contributed by atoms with Crippen LogP contribution in [0.15, 0.2) is 188 Å². The fraction of sp³-hybridized carbons (Fsp3) is 0.161. The Hall–Kier alpha value is -8.16. The molecule has 0 fully saturated rings. The Bertz CT molecular complexity index is 3080. The molecule has 0 radical (unpaired) electrons. The summed E-state index contributed by atoms with van der Waals surface area (Å²) in [6, 6.07) is 64.4. The molecule has 1 unspecified atom stereocenters. The zero-order valence-corrected chi connectivity index (χ0v) is 40.4. The van der Waals surface area contributed by atoms with Gasteiger partial charge in [0.2, 0.25) is 0 Å². The van der Waals surface area contributed by atoms with Gasteiger partial charge in [0.25, 0.3) is 0 Å². The molecule has 1 atom stereocenters. The Balaban J connectivity index is 0.000000268. The van der Waals surface area contributed by atoms with Crippen LogP contribution in [0.25, 0.3) is 22.8 Å². The Morgan fingerprint density at radius 1 is 0.507 bits per heavy atom. The predicted molar refractivity (Wildman–Crippen MR) is 279 cm³/mol. The van der Waals surface area contributed by atoms with Gasteiger partial charge in [-0.3, -0.25) is 9.59 Å². The van der Waals surface area contributed by atoms with Crippen LogP contribution in [0.3, 0.4) is 0 Å². The minimum Gasteiger partial charge on any atom is -0.497 e. The number of benzene rings is 8. The van der Waals surface area contributed by atoms with Crippen molar-refractivity contribution in [2.45, 2.75) is 52.9 Å². The van der Waals surface area contributed by atoms with Gasteiger partial charge in [0.05, 0.1) is 14.2 Å². The molecule has 0 aromatic heterocycles. The molecule has 0 heterocycles. The molecule has 0 N–H and O–H groups in total. The number of nitrogens with zero attached hydrogens (tertiary/aromatic N) is 1. The van der Waals surface area contributed by atoms with Crippen LogP contribution >= 0.6 is 0 Å². The summed E-state index contributed by atoms with van der Waals surface area (Å²) < 4.78 is 20.9. The zero-order valence-electron chi connectivity index (χ0n) is 40.4. The van der Waals surface area contributed by atoms with Gasteiger partial charge in [-0.05, 0) is 154 Å². The van der Waals surface area contributed by atoms with E-state index in [-0.39, 0.29) is 23.3 Å². The number of carbonyl (C=O) groups is 2. The summed E-state index contributed by atoms with van der Waals surface area (Å²) in [7, 11) is 3.33. The van der Waals surface area contributed by atoms with Crippen molar-refractivity contribution in [3.63, 3.8) is 0 Å². The van der Waals surface area contributed by atoms with Gasteiger partial charge in [-0.1, -0.05) is 129 Å². The number of anilines is 3. The second-order valence-corrected chi connectivity index (χ2v) is 17.7. The number of rotatable bonds is 12. The van der Waals surface area contributed by atoms with E-state index in [1.165, 1.54) is 52.8 Å². The number of carbonyl (C=O) groups excluding carboxylic acids is 2. The van der Waals surface area contributed by atoms with Crippen LogP contribution in [0, 0.1) is 6.92 Å². The molecule has 8 aromatic carbocycles. The third kappa shape index (κ3) is 10.8. The van der Waals surface area contributed by atoms with Gasteiger partial charge in [0, 0.05) is 42.2 Å². The molecule has 1 aliphatic carbocycles. The van der Waals surface area contributed by atoms with Crippen molar-refractivity contribution in [3.8, 4) is 34.1 Å². The number of hydrogen-bond acceptors (Lipinski definition) is 7. The third-order valence-electron chi connectivity index (χ3n) is 12.7. The summed E-state index contributed by atoms with van der Waals surface area (Å²) in [5.74, 6) is 2.37. The zero-order chi connectivity index (χ0) is 48.7. The lowest BCUT2D eigenvalue weighted by atomic mass is 9.82. The van der Waals surface area contributed by atoms with Crippen molar-refractivity contribution in [1.29, 1.82) is 0 Å².